The molecule has 0 fully saturated rings. The molecule has 3 atom stereocenters. The van der Waals surface area contributed by atoms with Gasteiger partial charge in [-0.15, -0.1) is 0 Å². The van der Waals surface area contributed by atoms with Crippen LogP contribution < -0.4 is 10.2 Å². The Hall–Kier alpha value is -3.08. The summed E-state index contributed by atoms with van der Waals surface area (Å²) in [6.07, 6.45) is 2.49. The molecule has 0 saturated carbocycles. The minimum Gasteiger partial charge on any atom is -0.357 e. The maximum absolute atomic E-state index is 14.0. The monoisotopic (exact) mass is 532 g/mol. The molecular weight excluding hydrogens is 503 g/mol. The lowest BCUT2D eigenvalue weighted by Gasteiger charge is -2.37. The highest BCUT2D eigenvalue weighted by Crippen LogP contribution is 2.49. The minimum absolute atomic E-state index is 0.0538. The first-order chi connectivity index (χ1) is 17.5. The molecule has 0 aromatic heterocycles. The molecule has 3 aromatic carbocycles. The Bertz CT molecular complexity index is 1410. The van der Waals surface area contributed by atoms with Crippen LogP contribution in [0, 0.1) is 5.92 Å². The summed E-state index contributed by atoms with van der Waals surface area (Å²) in [6, 6.07) is 20.8. The van der Waals surface area contributed by atoms with Gasteiger partial charge in [-0.1, -0.05) is 92.5 Å². The van der Waals surface area contributed by atoms with Crippen molar-refractivity contribution in [2.75, 3.05) is 10.2 Å². The molecule has 0 radical (unpaired) electrons. The van der Waals surface area contributed by atoms with E-state index in [0.717, 1.165) is 16.9 Å². The Morgan fingerprint density at radius 3 is 2.35 bits per heavy atom. The number of hydrogen-bond acceptors (Lipinski definition) is 3. The molecule has 0 bridgehead atoms. The van der Waals surface area contributed by atoms with Crippen LogP contribution in [0.5, 0.6) is 0 Å². The Kier molecular flexibility index (Phi) is 6.68. The predicted molar refractivity (Wildman–Crippen MR) is 152 cm³/mol. The van der Waals surface area contributed by atoms with Crippen molar-refractivity contribution in [3.05, 3.63) is 105 Å². The number of halogens is 2. The number of ketones is 1. The topological polar surface area (TPSA) is 49.4 Å². The Balaban J connectivity index is 1.67. The predicted octanol–water partition coefficient (Wildman–Crippen LogP) is 8.07. The lowest BCUT2D eigenvalue weighted by Crippen LogP contribution is -2.41. The van der Waals surface area contributed by atoms with Gasteiger partial charge < -0.3 is 10.2 Å². The van der Waals surface area contributed by atoms with Crippen molar-refractivity contribution >= 4 is 46.3 Å². The number of hydrogen-bond donors (Lipinski definition) is 1. The normalized spacial score (nSPS) is 21.4. The number of carbonyl (C=O) groups excluding carboxylic acids is 2. The molecule has 0 unspecified atom stereocenters. The zero-order valence-corrected chi connectivity index (χ0v) is 22.9. The first-order valence-electron chi connectivity index (χ1n) is 12.5. The van der Waals surface area contributed by atoms with Gasteiger partial charge in [0.1, 0.15) is 5.78 Å². The van der Waals surface area contributed by atoms with Crippen LogP contribution >= 0.6 is 23.2 Å². The average molecular weight is 533 g/mol. The number of Topliss-reactive ketones (excluding diaryl/α,β-unsaturated/α-hetero) is 1. The molecule has 190 valence electrons. The van der Waals surface area contributed by atoms with Gasteiger partial charge >= 0.3 is 0 Å². The smallest absolute Gasteiger partial charge is 0.224 e. The fourth-order valence-electron chi connectivity index (χ4n) is 5.48. The molecule has 3 aromatic rings. The van der Waals surface area contributed by atoms with Crippen LogP contribution in [-0.4, -0.2) is 11.7 Å². The fourth-order valence-corrected chi connectivity index (χ4v) is 6.00. The van der Waals surface area contributed by atoms with Gasteiger partial charge in [-0.3, -0.25) is 9.59 Å². The summed E-state index contributed by atoms with van der Waals surface area (Å²) in [6.45, 7) is 8.09. The number of nitrogens with one attached hydrogen (secondary N) is 1. The van der Waals surface area contributed by atoms with Crippen molar-refractivity contribution in [2.45, 2.75) is 51.5 Å². The van der Waals surface area contributed by atoms with Crippen LogP contribution in [0.25, 0.3) is 0 Å². The van der Waals surface area contributed by atoms with Crippen molar-refractivity contribution in [3.8, 4) is 0 Å². The molecule has 1 aliphatic carbocycles. The standard InChI is InChI=1S/C31H30Cl2N2O2/c1-18(36)35-27-8-6-5-7-25(27)34-26-15-20(19-9-11-21(12-10-19)31(2,3)4)16-28(37)29(26)30(35)23-14-13-22(32)17-24(23)33/h5-15,17,20,29-30,34H,16H2,1-4H3/t20-,29-,30-/m1/s1. The van der Waals surface area contributed by atoms with Crippen LogP contribution in [0.1, 0.15) is 62.8 Å². The van der Waals surface area contributed by atoms with Crippen molar-refractivity contribution < 1.29 is 9.59 Å². The van der Waals surface area contributed by atoms with Gasteiger partial charge in [0.05, 0.1) is 23.3 Å². The second-order valence-corrected chi connectivity index (χ2v) is 11.7. The van der Waals surface area contributed by atoms with Crippen LogP contribution in [-0.2, 0) is 15.0 Å². The molecule has 1 amide bonds. The van der Waals surface area contributed by atoms with E-state index in [1.54, 1.807) is 17.0 Å². The van der Waals surface area contributed by atoms with Gasteiger partial charge in [-0.2, -0.15) is 0 Å². The fraction of sp³-hybridized carbons (Fsp3) is 0.290. The molecular formula is C31H30Cl2N2O2. The molecule has 1 aliphatic heterocycles. The molecule has 4 nitrogen and oxygen atoms in total. The molecule has 1 N–H and O–H groups in total. The van der Waals surface area contributed by atoms with E-state index in [9.17, 15) is 9.59 Å². The number of anilines is 2. The second-order valence-electron chi connectivity index (χ2n) is 10.9. The molecule has 2 aliphatic rings. The average Bonchev–Trinajstić information content (AvgIpc) is 2.98. The van der Waals surface area contributed by atoms with E-state index in [-0.39, 0.29) is 23.0 Å². The second kappa shape index (κ2) is 9.66. The van der Waals surface area contributed by atoms with E-state index < -0.39 is 12.0 Å². The van der Waals surface area contributed by atoms with Crippen LogP contribution in [0.3, 0.4) is 0 Å². The summed E-state index contributed by atoms with van der Waals surface area (Å²) in [5, 5.41) is 4.45. The number of fused-ring (bicyclic) bond motifs is 2. The van der Waals surface area contributed by atoms with E-state index in [1.165, 1.54) is 12.5 Å². The van der Waals surface area contributed by atoms with Crippen LogP contribution in [0.4, 0.5) is 11.4 Å². The zero-order valence-electron chi connectivity index (χ0n) is 21.4. The number of carbonyl (C=O) groups is 2. The van der Waals surface area contributed by atoms with Crippen molar-refractivity contribution in [2.24, 2.45) is 5.92 Å². The summed E-state index contributed by atoms with van der Waals surface area (Å²) in [7, 11) is 0. The van der Waals surface area contributed by atoms with Crippen molar-refractivity contribution in [3.63, 3.8) is 0 Å². The first kappa shape index (κ1) is 25.6. The summed E-state index contributed by atoms with van der Waals surface area (Å²) in [4.78, 5) is 28.8. The number of allylic oxidation sites excluding steroid dienone is 1. The number of nitrogens with zero attached hydrogens (tertiary/aromatic N) is 1. The third kappa shape index (κ3) is 4.81. The lowest BCUT2D eigenvalue weighted by molar-refractivity contribution is -0.123. The molecule has 0 spiro atoms. The van der Waals surface area contributed by atoms with Gasteiger partial charge in [0.2, 0.25) is 5.91 Å². The van der Waals surface area contributed by atoms with Gasteiger partial charge in [0, 0.05) is 35.0 Å². The van der Waals surface area contributed by atoms with Gasteiger partial charge in [0.15, 0.2) is 0 Å². The summed E-state index contributed by atoms with van der Waals surface area (Å²) in [5.74, 6) is -0.776. The lowest BCUT2D eigenvalue weighted by atomic mass is 9.75. The number of amides is 1. The maximum Gasteiger partial charge on any atom is 0.224 e. The molecule has 5 rings (SSSR count). The number of benzene rings is 3. The highest BCUT2D eigenvalue weighted by atomic mass is 35.5. The zero-order chi connectivity index (χ0) is 26.5. The quantitative estimate of drug-likeness (QED) is 0.363. The Labute approximate surface area is 228 Å². The van der Waals surface area contributed by atoms with Crippen LogP contribution in [0.2, 0.25) is 10.0 Å². The number of rotatable bonds is 2. The number of para-hydroxylation sites is 2. The summed E-state index contributed by atoms with van der Waals surface area (Å²) in [5.41, 5.74) is 5.36. The van der Waals surface area contributed by atoms with Crippen molar-refractivity contribution in [1.82, 2.24) is 0 Å². The minimum atomic E-state index is -0.610. The summed E-state index contributed by atoms with van der Waals surface area (Å²) >= 11 is 12.9. The Morgan fingerprint density at radius 1 is 1.00 bits per heavy atom. The third-order valence-corrected chi connectivity index (χ3v) is 7.91. The molecule has 0 saturated heterocycles. The highest BCUT2D eigenvalue weighted by molar-refractivity contribution is 6.35. The summed E-state index contributed by atoms with van der Waals surface area (Å²) < 4.78 is 0. The van der Waals surface area contributed by atoms with Gasteiger partial charge in [-0.05, 0) is 46.4 Å². The largest absolute Gasteiger partial charge is 0.357 e. The molecule has 6 heteroatoms. The SMILES string of the molecule is CC(=O)N1c2ccccc2NC2=C[C@@H](c3ccc(C(C)(C)C)cc3)CC(=O)[C@@H]2[C@H]1c1ccc(Cl)cc1Cl. The van der Waals surface area contributed by atoms with E-state index in [1.807, 2.05) is 30.3 Å². The van der Waals surface area contributed by atoms with Crippen molar-refractivity contribution in [1.29, 1.82) is 0 Å². The van der Waals surface area contributed by atoms with E-state index >= 15 is 0 Å². The maximum atomic E-state index is 14.0. The van der Waals surface area contributed by atoms with E-state index in [2.05, 4.69) is 56.4 Å². The van der Waals surface area contributed by atoms with E-state index in [0.29, 0.717) is 27.7 Å². The molecule has 37 heavy (non-hydrogen) atoms. The molecule has 1 heterocycles. The van der Waals surface area contributed by atoms with Gasteiger partial charge in [-0.25, -0.2) is 0 Å². The van der Waals surface area contributed by atoms with E-state index in [4.69, 9.17) is 23.2 Å². The Morgan fingerprint density at radius 2 is 1.70 bits per heavy atom. The van der Waals surface area contributed by atoms with Gasteiger partial charge in [0.25, 0.3) is 0 Å². The first-order valence-corrected chi connectivity index (χ1v) is 13.3. The van der Waals surface area contributed by atoms with Crippen LogP contribution in [0.15, 0.2) is 78.5 Å². The highest BCUT2D eigenvalue weighted by Gasteiger charge is 2.45. The third-order valence-electron chi connectivity index (χ3n) is 7.35.